The van der Waals surface area contributed by atoms with Crippen LogP contribution in [0.15, 0.2) is 53.4 Å². The lowest BCUT2D eigenvalue weighted by Gasteiger charge is -2.30. The summed E-state index contributed by atoms with van der Waals surface area (Å²) in [5.41, 5.74) is 1.56. The Morgan fingerprint density at radius 3 is 2.62 bits per heavy atom. The van der Waals surface area contributed by atoms with Crippen molar-refractivity contribution in [1.29, 1.82) is 0 Å². The highest BCUT2D eigenvalue weighted by atomic mass is 32.2. The van der Waals surface area contributed by atoms with Gasteiger partial charge >= 0.3 is 5.97 Å². The van der Waals surface area contributed by atoms with Gasteiger partial charge in [0.2, 0.25) is 5.91 Å². The first-order valence-corrected chi connectivity index (χ1v) is 9.28. The fourth-order valence-electron chi connectivity index (χ4n) is 2.74. The molecule has 1 aliphatic heterocycles. The number of hydrogen-bond acceptors (Lipinski definition) is 5. The molecule has 0 saturated carbocycles. The first-order chi connectivity index (χ1) is 12.5. The van der Waals surface area contributed by atoms with Crippen LogP contribution in [0.5, 0.6) is 0 Å². The molecule has 134 valence electrons. The number of carbonyl (C=O) groups excluding carboxylic acids is 3. The SMILES string of the molecule is CSc1ccccc1C(=O)OC(C)C(=O)N1CC(=O)Nc2ccccc21. The minimum atomic E-state index is -1.02. The maximum Gasteiger partial charge on any atom is 0.340 e. The van der Waals surface area contributed by atoms with E-state index in [9.17, 15) is 14.4 Å². The Labute approximate surface area is 155 Å². The number of rotatable bonds is 4. The summed E-state index contributed by atoms with van der Waals surface area (Å²) in [6.45, 7) is 1.40. The molecule has 1 heterocycles. The molecule has 1 N–H and O–H groups in total. The third-order valence-electron chi connectivity index (χ3n) is 4.00. The van der Waals surface area contributed by atoms with Gasteiger partial charge in [0.05, 0.1) is 16.9 Å². The number of thioether (sulfide) groups is 1. The van der Waals surface area contributed by atoms with Crippen molar-refractivity contribution in [2.45, 2.75) is 17.9 Å². The summed E-state index contributed by atoms with van der Waals surface area (Å²) in [4.78, 5) is 39.2. The fourth-order valence-corrected chi connectivity index (χ4v) is 3.32. The first-order valence-electron chi connectivity index (χ1n) is 8.05. The summed E-state index contributed by atoms with van der Waals surface area (Å²) in [5, 5.41) is 2.72. The van der Waals surface area contributed by atoms with E-state index in [-0.39, 0.29) is 12.5 Å². The summed E-state index contributed by atoms with van der Waals surface area (Å²) >= 11 is 1.43. The summed E-state index contributed by atoms with van der Waals surface area (Å²) in [6, 6.07) is 14.1. The van der Waals surface area contributed by atoms with E-state index in [1.165, 1.54) is 23.6 Å². The van der Waals surface area contributed by atoms with E-state index < -0.39 is 18.0 Å². The molecule has 2 aromatic rings. The molecule has 0 fully saturated rings. The second-order valence-corrected chi connectivity index (χ2v) is 6.59. The summed E-state index contributed by atoms with van der Waals surface area (Å²) < 4.78 is 5.37. The van der Waals surface area contributed by atoms with E-state index in [0.717, 1.165) is 4.90 Å². The van der Waals surface area contributed by atoms with Crippen molar-refractivity contribution in [2.75, 3.05) is 23.0 Å². The maximum absolute atomic E-state index is 12.8. The van der Waals surface area contributed by atoms with E-state index in [1.54, 1.807) is 36.4 Å². The maximum atomic E-state index is 12.8. The van der Waals surface area contributed by atoms with Gasteiger partial charge in [0.1, 0.15) is 6.54 Å². The Bertz CT molecular complexity index is 868. The molecule has 0 bridgehead atoms. The second kappa shape index (κ2) is 7.61. The van der Waals surface area contributed by atoms with Gasteiger partial charge in [-0.3, -0.25) is 14.5 Å². The van der Waals surface area contributed by atoms with Gasteiger partial charge in [-0.1, -0.05) is 24.3 Å². The Morgan fingerprint density at radius 1 is 1.15 bits per heavy atom. The Hall–Kier alpha value is -2.80. The van der Waals surface area contributed by atoms with Gasteiger partial charge in [-0.25, -0.2) is 4.79 Å². The standard InChI is InChI=1S/C19H18N2O4S/c1-12(25-19(24)13-7-3-6-10-16(13)26-2)18(23)21-11-17(22)20-14-8-4-5-9-15(14)21/h3-10,12H,11H2,1-2H3,(H,20,22). The zero-order chi connectivity index (χ0) is 18.7. The fraction of sp³-hybridized carbons (Fsp3) is 0.211. The van der Waals surface area contributed by atoms with Crippen molar-refractivity contribution in [1.82, 2.24) is 0 Å². The van der Waals surface area contributed by atoms with E-state index >= 15 is 0 Å². The molecule has 0 saturated heterocycles. The normalized spacial score (nSPS) is 14.2. The minimum absolute atomic E-state index is 0.112. The third kappa shape index (κ3) is 3.57. The average molecular weight is 370 g/mol. The number of nitrogens with one attached hydrogen (secondary N) is 1. The van der Waals surface area contributed by atoms with Gasteiger partial charge in [-0.05, 0) is 37.4 Å². The summed E-state index contributed by atoms with van der Waals surface area (Å²) in [6.07, 6.45) is 0.848. The molecule has 2 amide bonds. The zero-order valence-electron chi connectivity index (χ0n) is 14.4. The minimum Gasteiger partial charge on any atom is -0.449 e. The first kappa shape index (κ1) is 18.0. The van der Waals surface area contributed by atoms with E-state index in [2.05, 4.69) is 5.32 Å². The molecule has 0 aromatic heterocycles. The van der Waals surface area contributed by atoms with Crippen molar-refractivity contribution in [3.05, 3.63) is 54.1 Å². The van der Waals surface area contributed by atoms with Gasteiger partial charge < -0.3 is 10.1 Å². The zero-order valence-corrected chi connectivity index (χ0v) is 15.2. The van der Waals surface area contributed by atoms with Crippen LogP contribution in [-0.2, 0) is 14.3 Å². The molecule has 0 aliphatic carbocycles. The van der Waals surface area contributed by atoms with Gasteiger partial charge in [0.15, 0.2) is 6.10 Å². The molecule has 26 heavy (non-hydrogen) atoms. The van der Waals surface area contributed by atoms with Crippen LogP contribution in [0.25, 0.3) is 0 Å². The van der Waals surface area contributed by atoms with Crippen LogP contribution >= 0.6 is 11.8 Å². The van der Waals surface area contributed by atoms with Crippen molar-refractivity contribution >= 4 is 40.9 Å². The number of para-hydroxylation sites is 2. The highest BCUT2D eigenvalue weighted by Crippen LogP contribution is 2.29. The highest BCUT2D eigenvalue weighted by Gasteiger charge is 2.31. The number of hydrogen-bond donors (Lipinski definition) is 1. The van der Waals surface area contributed by atoms with E-state index in [1.807, 2.05) is 18.4 Å². The number of fused-ring (bicyclic) bond motifs is 1. The monoisotopic (exact) mass is 370 g/mol. The number of amides is 2. The number of nitrogens with zero attached hydrogens (tertiary/aromatic N) is 1. The lowest BCUT2D eigenvalue weighted by atomic mass is 10.1. The summed E-state index contributed by atoms with van der Waals surface area (Å²) in [7, 11) is 0. The van der Waals surface area contributed by atoms with Gasteiger partial charge in [-0.15, -0.1) is 11.8 Å². The van der Waals surface area contributed by atoms with Crippen LogP contribution in [0.4, 0.5) is 11.4 Å². The van der Waals surface area contributed by atoms with Gasteiger partial charge in [-0.2, -0.15) is 0 Å². The Kier molecular flexibility index (Phi) is 5.27. The number of esters is 1. The number of carbonyl (C=O) groups is 3. The van der Waals surface area contributed by atoms with Crippen LogP contribution in [0.2, 0.25) is 0 Å². The molecule has 6 nitrogen and oxygen atoms in total. The quantitative estimate of drug-likeness (QED) is 0.662. The number of ether oxygens (including phenoxy) is 1. The summed E-state index contributed by atoms with van der Waals surface area (Å²) in [5.74, 6) is -1.30. The number of anilines is 2. The highest BCUT2D eigenvalue weighted by molar-refractivity contribution is 7.98. The smallest absolute Gasteiger partial charge is 0.340 e. The van der Waals surface area contributed by atoms with Gasteiger partial charge in [0, 0.05) is 4.90 Å². The van der Waals surface area contributed by atoms with Crippen LogP contribution in [-0.4, -0.2) is 36.7 Å². The molecule has 1 unspecified atom stereocenters. The molecule has 7 heteroatoms. The molecule has 1 atom stereocenters. The second-order valence-electron chi connectivity index (χ2n) is 5.74. The van der Waals surface area contributed by atoms with Gasteiger partial charge in [0.25, 0.3) is 5.91 Å². The molecular weight excluding hydrogens is 352 g/mol. The lowest BCUT2D eigenvalue weighted by molar-refractivity contribution is -0.128. The molecule has 2 aromatic carbocycles. The van der Waals surface area contributed by atoms with Crippen molar-refractivity contribution in [2.24, 2.45) is 0 Å². The predicted octanol–water partition coefficient (Wildman–Crippen LogP) is 2.94. The van der Waals surface area contributed by atoms with Crippen LogP contribution < -0.4 is 10.2 Å². The molecular formula is C19H18N2O4S. The molecule has 0 radical (unpaired) electrons. The topological polar surface area (TPSA) is 75.7 Å². The third-order valence-corrected chi connectivity index (χ3v) is 4.79. The van der Waals surface area contributed by atoms with Crippen LogP contribution in [0, 0.1) is 0 Å². The Morgan fingerprint density at radius 2 is 1.85 bits per heavy atom. The van der Waals surface area contributed by atoms with Crippen molar-refractivity contribution in [3.8, 4) is 0 Å². The largest absolute Gasteiger partial charge is 0.449 e. The van der Waals surface area contributed by atoms with Crippen LogP contribution in [0.3, 0.4) is 0 Å². The predicted molar refractivity (Wildman–Crippen MR) is 101 cm³/mol. The van der Waals surface area contributed by atoms with Crippen LogP contribution in [0.1, 0.15) is 17.3 Å². The molecule has 1 aliphatic rings. The lowest BCUT2D eigenvalue weighted by Crippen LogP contribution is -2.47. The number of benzene rings is 2. The Balaban J connectivity index is 1.78. The van der Waals surface area contributed by atoms with E-state index in [4.69, 9.17) is 4.74 Å². The van der Waals surface area contributed by atoms with Crippen molar-refractivity contribution in [3.63, 3.8) is 0 Å². The van der Waals surface area contributed by atoms with Crippen molar-refractivity contribution < 1.29 is 19.1 Å². The molecule has 0 spiro atoms. The molecule has 3 rings (SSSR count). The average Bonchev–Trinajstić information content (AvgIpc) is 2.66. The van der Waals surface area contributed by atoms with E-state index in [0.29, 0.717) is 16.9 Å².